The molecule has 3 nitrogen and oxygen atoms in total. The summed E-state index contributed by atoms with van der Waals surface area (Å²) in [6.45, 7) is 1.58. The number of aryl methyl sites for hydroxylation is 2. The van der Waals surface area contributed by atoms with Crippen LogP contribution in [0.5, 0.6) is 0 Å². The molecule has 1 unspecified atom stereocenters. The fourth-order valence-electron chi connectivity index (χ4n) is 1.04. The molecule has 1 N–H and O–H groups in total. The Kier molecular flexibility index (Phi) is 2.42. The van der Waals surface area contributed by atoms with Crippen LogP contribution in [0.4, 0.5) is 8.78 Å². The summed E-state index contributed by atoms with van der Waals surface area (Å²) < 4.78 is 25.4. The molecule has 1 aromatic heterocycles. The van der Waals surface area contributed by atoms with Gasteiger partial charge >= 0.3 is 0 Å². The highest BCUT2D eigenvalue weighted by Crippen LogP contribution is 2.22. The van der Waals surface area contributed by atoms with Crippen LogP contribution in [-0.2, 0) is 7.05 Å². The lowest BCUT2D eigenvalue weighted by molar-refractivity contribution is -0.00616. The number of aliphatic hydroxyl groups is 1. The second kappa shape index (κ2) is 3.18. The Labute approximate surface area is 68.6 Å². The summed E-state index contributed by atoms with van der Waals surface area (Å²) in [7, 11) is 1.62. The molecular formula is C7H10F2N2O. The SMILES string of the molecule is Cc1nn(C)cc1C(O)C(F)F. The first-order chi connectivity index (χ1) is 5.52. The molecule has 1 heterocycles. The van der Waals surface area contributed by atoms with Crippen LogP contribution in [0, 0.1) is 6.92 Å². The van der Waals surface area contributed by atoms with Gasteiger partial charge in [0.15, 0.2) is 0 Å². The van der Waals surface area contributed by atoms with Crippen LogP contribution in [0.25, 0.3) is 0 Å². The molecule has 0 amide bonds. The van der Waals surface area contributed by atoms with E-state index in [0.29, 0.717) is 5.69 Å². The van der Waals surface area contributed by atoms with Crippen molar-refractivity contribution in [2.45, 2.75) is 19.5 Å². The first kappa shape index (κ1) is 9.12. The lowest BCUT2D eigenvalue weighted by atomic mass is 10.1. The van der Waals surface area contributed by atoms with E-state index in [2.05, 4.69) is 5.10 Å². The van der Waals surface area contributed by atoms with Gasteiger partial charge in [-0.25, -0.2) is 8.78 Å². The number of aliphatic hydroxyl groups excluding tert-OH is 1. The second-order valence-corrected chi connectivity index (χ2v) is 2.62. The highest BCUT2D eigenvalue weighted by molar-refractivity contribution is 5.18. The molecule has 0 aromatic carbocycles. The summed E-state index contributed by atoms with van der Waals surface area (Å²) in [5, 5.41) is 12.8. The highest BCUT2D eigenvalue weighted by Gasteiger charge is 2.22. The van der Waals surface area contributed by atoms with Gasteiger partial charge in [0, 0.05) is 18.8 Å². The van der Waals surface area contributed by atoms with Crippen molar-refractivity contribution in [2.24, 2.45) is 7.05 Å². The normalized spacial score (nSPS) is 13.8. The van der Waals surface area contributed by atoms with Gasteiger partial charge in [-0.2, -0.15) is 5.10 Å². The van der Waals surface area contributed by atoms with Gasteiger partial charge in [-0.3, -0.25) is 4.68 Å². The average Bonchev–Trinajstić information content (AvgIpc) is 2.28. The number of halogens is 2. The van der Waals surface area contributed by atoms with Crippen LogP contribution in [0.3, 0.4) is 0 Å². The van der Waals surface area contributed by atoms with Crippen LogP contribution >= 0.6 is 0 Å². The van der Waals surface area contributed by atoms with E-state index >= 15 is 0 Å². The Morgan fingerprint density at radius 3 is 2.50 bits per heavy atom. The summed E-state index contributed by atoms with van der Waals surface area (Å²) >= 11 is 0. The van der Waals surface area contributed by atoms with Gasteiger partial charge in [-0.1, -0.05) is 0 Å². The first-order valence-corrected chi connectivity index (χ1v) is 3.48. The van der Waals surface area contributed by atoms with E-state index in [1.807, 2.05) is 0 Å². The zero-order chi connectivity index (χ0) is 9.30. The van der Waals surface area contributed by atoms with Crippen molar-refractivity contribution in [3.05, 3.63) is 17.5 Å². The van der Waals surface area contributed by atoms with E-state index in [9.17, 15) is 8.78 Å². The summed E-state index contributed by atoms with van der Waals surface area (Å²) in [5.74, 6) is 0. The third kappa shape index (κ3) is 1.61. The van der Waals surface area contributed by atoms with E-state index in [0.717, 1.165) is 0 Å². The number of nitrogens with zero attached hydrogens (tertiary/aromatic N) is 2. The Morgan fingerprint density at radius 1 is 1.58 bits per heavy atom. The number of hydrogen-bond acceptors (Lipinski definition) is 2. The van der Waals surface area contributed by atoms with Crippen LogP contribution in [0.1, 0.15) is 17.4 Å². The molecule has 0 fully saturated rings. The predicted octanol–water partition coefficient (Wildman–Crippen LogP) is 1.03. The molecule has 0 aliphatic carbocycles. The average molecular weight is 176 g/mol. The lowest BCUT2D eigenvalue weighted by Crippen LogP contribution is -2.08. The van der Waals surface area contributed by atoms with E-state index in [-0.39, 0.29) is 5.56 Å². The maximum Gasteiger partial charge on any atom is 0.268 e. The molecule has 1 atom stereocenters. The van der Waals surface area contributed by atoms with E-state index in [1.165, 1.54) is 10.9 Å². The molecule has 0 bridgehead atoms. The monoisotopic (exact) mass is 176 g/mol. The number of hydrogen-bond donors (Lipinski definition) is 1. The van der Waals surface area contributed by atoms with Crippen molar-refractivity contribution < 1.29 is 13.9 Å². The molecule has 0 aliphatic heterocycles. The summed E-state index contributed by atoms with van der Waals surface area (Å²) in [6, 6.07) is 0. The molecule has 0 saturated carbocycles. The van der Waals surface area contributed by atoms with Gasteiger partial charge in [0.2, 0.25) is 0 Å². The van der Waals surface area contributed by atoms with Gasteiger partial charge in [-0.15, -0.1) is 0 Å². The van der Waals surface area contributed by atoms with Crippen LogP contribution in [-0.4, -0.2) is 21.3 Å². The minimum absolute atomic E-state index is 0.188. The standard InChI is InChI=1S/C7H10F2N2O/c1-4-5(3-11(2)10-4)6(12)7(8)9/h3,6-7,12H,1-2H3. The van der Waals surface area contributed by atoms with Crippen molar-refractivity contribution >= 4 is 0 Å². The van der Waals surface area contributed by atoms with Crippen molar-refractivity contribution in [3.63, 3.8) is 0 Å². The maximum absolute atomic E-state index is 12.0. The van der Waals surface area contributed by atoms with Gasteiger partial charge in [0.1, 0.15) is 6.10 Å². The minimum Gasteiger partial charge on any atom is -0.382 e. The molecule has 68 valence electrons. The van der Waals surface area contributed by atoms with Crippen molar-refractivity contribution in [3.8, 4) is 0 Å². The Hall–Kier alpha value is -0.970. The molecular weight excluding hydrogens is 166 g/mol. The number of rotatable bonds is 2. The first-order valence-electron chi connectivity index (χ1n) is 3.48. The van der Waals surface area contributed by atoms with Gasteiger partial charge in [-0.05, 0) is 6.92 Å². The fraction of sp³-hybridized carbons (Fsp3) is 0.571. The molecule has 5 heteroatoms. The van der Waals surface area contributed by atoms with Crippen molar-refractivity contribution in [1.82, 2.24) is 9.78 Å². The van der Waals surface area contributed by atoms with Gasteiger partial charge < -0.3 is 5.11 Å². The van der Waals surface area contributed by atoms with Crippen molar-refractivity contribution in [1.29, 1.82) is 0 Å². The van der Waals surface area contributed by atoms with Gasteiger partial charge in [0.25, 0.3) is 6.43 Å². The molecule has 12 heavy (non-hydrogen) atoms. The Morgan fingerprint density at radius 2 is 2.17 bits per heavy atom. The lowest BCUT2D eigenvalue weighted by Gasteiger charge is -2.06. The molecule has 0 spiro atoms. The maximum atomic E-state index is 12.0. The zero-order valence-electron chi connectivity index (χ0n) is 6.83. The number of alkyl halides is 2. The zero-order valence-corrected chi connectivity index (χ0v) is 6.83. The largest absolute Gasteiger partial charge is 0.382 e. The third-order valence-corrected chi connectivity index (χ3v) is 1.61. The summed E-state index contributed by atoms with van der Waals surface area (Å²) in [6.07, 6.45) is -3.09. The van der Waals surface area contributed by atoms with Crippen LogP contribution < -0.4 is 0 Å². The molecule has 1 rings (SSSR count). The topological polar surface area (TPSA) is 38.0 Å². The van der Waals surface area contributed by atoms with Gasteiger partial charge in [0.05, 0.1) is 5.69 Å². The summed E-state index contributed by atoms with van der Waals surface area (Å²) in [5.41, 5.74) is 0.623. The van der Waals surface area contributed by atoms with E-state index in [1.54, 1.807) is 14.0 Å². The molecule has 0 aliphatic rings. The second-order valence-electron chi connectivity index (χ2n) is 2.62. The molecule has 0 saturated heterocycles. The number of aromatic nitrogens is 2. The molecule has 0 radical (unpaired) electrons. The minimum atomic E-state index is -2.76. The summed E-state index contributed by atoms with van der Waals surface area (Å²) in [4.78, 5) is 0. The fourth-order valence-corrected chi connectivity index (χ4v) is 1.04. The Balaban J connectivity index is 2.94. The third-order valence-electron chi connectivity index (χ3n) is 1.61. The van der Waals surface area contributed by atoms with Crippen LogP contribution in [0.2, 0.25) is 0 Å². The highest BCUT2D eigenvalue weighted by atomic mass is 19.3. The smallest absolute Gasteiger partial charge is 0.268 e. The molecule has 1 aromatic rings. The predicted molar refractivity (Wildman–Crippen MR) is 38.9 cm³/mol. The van der Waals surface area contributed by atoms with Crippen LogP contribution in [0.15, 0.2) is 6.20 Å². The van der Waals surface area contributed by atoms with E-state index < -0.39 is 12.5 Å². The van der Waals surface area contributed by atoms with Crippen molar-refractivity contribution in [2.75, 3.05) is 0 Å². The Bertz CT molecular complexity index is 272. The quantitative estimate of drug-likeness (QED) is 0.730. The van der Waals surface area contributed by atoms with E-state index in [4.69, 9.17) is 5.11 Å².